The van der Waals surface area contributed by atoms with Crippen LogP contribution in [0.25, 0.3) is 0 Å². The van der Waals surface area contributed by atoms with Gasteiger partial charge in [0.25, 0.3) is 5.91 Å². The summed E-state index contributed by atoms with van der Waals surface area (Å²) >= 11 is 11.1. The van der Waals surface area contributed by atoms with Gasteiger partial charge in [-0.2, -0.15) is 0 Å². The third kappa shape index (κ3) is 2.37. The zero-order valence-corrected chi connectivity index (χ0v) is 10.3. The van der Waals surface area contributed by atoms with Crippen molar-refractivity contribution in [3.8, 4) is 0 Å². The summed E-state index contributed by atoms with van der Waals surface area (Å²) in [5.41, 5.74) is 0. The molecule has 1 fully saturated rings. The molecule has 4 nitrogen and oxygen atoms in total. The lowest BCUT2D eigenvalue weighted by atomic mass is 10.0. The maximum atomic E-state index is 11.7. The molecule has 0 aliphatic carbocycles. The number of amides is 2. The number of carbonyl (C=O) groups is 2. The monoisotopic (exact) mass is 252 g/mol. The molecule has 86 valence electrons. The summed E-state index contributed by atoms with van der Waals surface area (Å²) in [6, 6.07) is -0.723. The molecule has 0 radical (unpaired) electrons. The predicted octanol–water partition coefficient (Wildman–Crippen LogP) is 0.914. The molecule has 0 saturated carbocycles. The first-order valence-corrected chi connectivity index (χ1v) is 5.64. The average Bonchev–Trinajstić information content (AvgIpc) is 2.15. The number of piperazine rings is 1. The zero-order chi connectivity index (χ0) is 11.7. The van der Waals surface area contributed by atoms with Gasteiger partial charge in [0.05, 0.1) is 0 Å². The molecule has 1 saturated heterocycles. The lowest BCUT2D eigenvalue weighted by Crippen LogP contribution is -2.65. The summed E-state index contributed by atoms with van der Waals surface area (Å²) in [7, 11) is 0. The SMILES string of the molecule is CC1NC(=O)C(C)N(C(=O)C(Cl)Cl)C1C. The van der Waals surface area contributed by atoms with Crippen LogP contribution in [-0.2, 0) is 9.59 Å². The van der Waals surface area contributed by atoms with Crippen molar-refractivity contribution in [3.05, 3.63) is 0 Å². The Kier molecular flexibility index (Phi) is 3.84. The topological polar surface area (TPSA) is 49.4 Å². The van der Waals surface area contributed by atoms with E-state index in [1.807, 2.05) is 13.8 Å². The molecule has 0 spiro atoms. The molecular weight excluding hydrogens is 239 g/mol. The number of hydrogen-bond acceptors (Lipinski definition) is 2. The Hall–Kier alpha value is -0.480. The van der Waals surface area contributed by atoms with E-state index in [-0.39, 0.29) is 18.0 Å². The molecule has 1 N–H and O–H groups in total. The highest BCUT2D eigenvalue weighted by Gasteiger charge is 2.39. The second-order valence-corrected chi connectivity index (χ2v) is 4.86. The molecule has 3 unspecified atom stereocenters. The molecule has 0 aromatic heterocycles. The third-order valence-electron chi connectivity index (χ3n) is 2.77. The molecule has 15 heavy (non-hydrogen) atoms. The Morgan fingerprint density at radius 2 is 1.93 bits per heavy atom. The van der Waals surface area contributed by atoms with Crippen LogP contribution in [0, 0.1) is 0 Å². The largest absolute Gasteiger partial charge is 0.350 e. The van der Waals surface area contributed by atoms with E-state index in [0.29, 0.717) is 0 Å². The lowest BCUT2D eigenvalue weighted by Gasteiger charge is -2.42. The van der Waals surface area contributed by atoms with Crippen LogP contribution < -0.4 is 5.32 Å². The van der Waals surface area contributed by atoms with Gasteiger partial charge in [0, 0.05) is 12.1 Å². The van der Waals surface area contributed by atoms with E-state index in [4.69, 9.17) is 23.2 Å². The molecule has 3 atom stereocenters. The van der Waals surface area contributed by atoms with E-state index in [1.54, 1.807) is 6.92 Å². The van der Waals surface area contributed by atoms with Gasteiger partial charge >= 0.3 is 0 Å². The minimum absolute atomic E-state index is 0.0928. The number of hydrogen-bond donors (Lipinski definition) is 1. The standard InChI is InChI=1S/C9H14Cl2N2O2/c1-4-5(2)13(9(15)7(10)11)6(3)8(14)12-4/h4-7H,1-3H3,(H,12,14). The van der Waals surface area contributed by atoms with Gasteiger partial charge in [-0.05, 0) is 20.8 Å². The number of halogens is 2. The zero-order valence-electron chi connectivity index (χ0n) is 8.83. The van der Waals surface area contributed by atoms with Crippen LogP contribution in [0.2, 0.25) is 0 Å². The Morgan fingerprint density at radius 1 is 1.40 bits per heavy atom. The fourth-order valence-electron chi connectivity index (χ4n) is 1.69. The highest BCUT2D eigenvalue weighted by atomic mass is 35.5. The van der Waals surface area contributed by atoms with Crippen LogP contribution in [0.1, 0.15) is 20.8 Å². The van der Waals surface area contributed by atoms with E-state index in [9.17, 15) is 9.59 Å². The van der Waals surface area contributed by atoms with E-state index < -0.39 is 16.8 Å². The molecular formula is C9H14Cl2N2O2. The highest BCUT2D eigenvalue weighted by molar-refractivity contribution is 6.53. The third-order valence-corrected chi connectivity index (χ3v) is 3.14. The maximum Gasteiger partial charge on any atom is 0.256 e. The molecule has 6 heteroatoms. The Labute approximate surface area is 98.9 Å². The van der Waals surface area contributed by atoms with Gasteiger partial charge in [0.1, 0.15) is 6.04 Å². The average molecular weight is 253 g/mol. The molecule has 1 heterocycles. The Bertz CT molecular complexity index is 283. The van der Waals surface area contributed by atoms with Crippen LogP contribution in [-0.4, -0.2) is 39.7 Å². The van der Waals surface area contributed by atoms with Gasteiger partial charge in [0.15, 0.2) is 4.84 Å². The van der Waals surface area contributed by atoms with Crippen LogP contribution in [0.5, 0.6) is 0 Å². The second kappa shape index (κ2) is 4.58. The van der Waals surface area contributed by atoms with Crippen molar-refractivity contribution in [1.82, 2.24) is 10.2 Å². The minimum atomic E-state index is -1.12. The maximum absolute atomic E-state index is 11.7. The van der Waals surface area contributed by atoms with Crippen molar-refractivity contribution < 1.29 is 9.59 Å². The van der Waals surface area contributed by atoms with Gasteiger partial charge in [-0.3, -0.25) is 9.59 Å². The summed E-state index contributed by atoms with van der Waals surface area (Å²) in [6.07, 6.45) is 0. The number of rotatable bonds is 1. The summed E-state index contributed by atoms with van der Waals surface area (Å²) in [5.74, 6) is -0.594. The van der Waals surface area contributed by atoms with Crippen molar-refractivity contribution in [2.24, 2.45) is 0 Å². The molecule has 1 rings (SSSR count). The van der Waals surface area contributed by atoms with E-state index in [2.05, 4.69) is 5.32 Å². The minimum Gasteiger partial charge on any atom is -0.350 e. The quantitative estimate of drug-likeness (QED) is 0.706. The van der Waals surface area contributed by atoms with E-state index in [0.717, 1.165) is 0 Å². The van der Waals surface area contributed by atoms with Crippen LogP contribution in [0.4, 0.5) is 0 Å². The van der Waals surface area contributed by atoms with Crippen molar-refractivity contribution in [2.45, 2.75) is 43.7 Å². The second-order valence-electron chi connectivity index (χ2n) is 3.76. The van der Waals surface area contributed by atoms with Gasteiger partial charge in [-0.25, -0.2) is 0 Å². The summed E-state index contributed by atoms with van der Waals surface area (Å²) in [5, 5.41) is 2.78. The number of carbonyl (C=O) groups excluding carboxylic acids is 2. The Morgan fingerprint density at radius 3 is 2.40 bits per heavy atom. The van der Waals surface area contributed by atoms with E-state index >= 15 is 0 Å². The lowest BCUT2D eigenvalue weighted by molar-refractivity contribution is -0.146. The fraction of sp³-hybridized carbons (Fsp3) is 0.778. The van der Waals surface area contributed by atoms with Gasteiger partial charge in [0.2, 0.25) is 5.91 Å². The van der Waals surface area contributed by atoms with Crippen molar-refractivity contribution in [1.29, 1.82) is 0 Å². The summed E-state index contributed by atoms with van der Waals surface area (Å²) < 4.78 is 0. The van der Waals surface area contributed by atoms with Crippen LogP contribution in [0.3, 0.4) is 0 Å². The van der Waals surface area contributed by atoms with Crippen molar-refractivity contribution in [3.63, 3.8) is 0 Å². The molecule has 2 amide bonds. The van der Waals surface area contributed by atoms with Crippen LogP contribution >= 0.6 is 23.2 Å². The normalized spacial score (nSPS) is 31.7. The number of alkyl halides is 2. The number of nitrogens with one attached hydrogen (secondary N) is 1. The van der Waals surface area contributed by atoms with Gasteiger partial charge in [-0.1, -0.05) is 23.2 Å². The molecule has 1 aliphatic rings. The molecule has 0 bridgehead atoms. The van der Waals surface area contributed by atoms with Crippen molar-refractivity contribution >= 4 is 35.0 Å². The predicted molar refractivity (Wildman–Crippen MR) is 58.9 cm³/mol. The first-order valence-electron chi connectivity index (χ1n) is 4.77. The highest BCUT2D eigenvalue weighted by Crippen LogP contribution is 2.19. The van der Waals surface area contributed by atoms with E-state index in [1.165, 1.54) is 4.90 Å². The Balaban J connectivity index is 2.91. The molecule has 1 aliphatic heterocycles. The summed E-state index contributed by atoms with van der Waals surface area (Å²) in [6.45, 7) is 5.35. The first-order chi connectivity index (χ1) is 6.86. The number of nitrogens with zero attached hydrogens (tertiary/aromatic N) is 1. The van der Waals surface area contributed by atoms with Gasteiger partial charge in [-0.15, -0.1) is 0 Å². The smallest absolute Gasteiger partial charge is 0.256 e. The van der Waals surface area contributed by atoms with Gasteiger partial charge < -0.3 is 10.2 Å². The summed E-state index contributed by atoms with van der Waals surface area (Å²) in [4.78, 5) is 23.5. The molecule has 0 aromatic rings. The molecule has 0 aromatic carbocycles. The first kappa shape index (κ1) is 12.6. The van der Waals surface area contributed by atoms with Crippen LogP contribution in [0.15, 0.2) is 0 Å². The fourth-order valence-corrected chi connectivity index (χ4v) is 1.92. The van der Waals surface area contributed by atoms with Crippen molar-refractivity contribution in [2.75, 3.05) is 0 Å².